The van der Waals surface area contributed by atoms with Crippen LogP contribution < -0.4 is 0 Å². The summed E-state index contributed by atoms with van der Waals surface area (Å²) in [6, 6.07) is 0. The number of fused-ring (bicyclic) bond motifs is 2. The van der Waals surface area contributed by atoms with Crippen LogP contribution in [-0.4, -0.2) is 0 Å². The number of rotatable bonds is 0. The lowest BCUT2D eigenvalue weighted by Crippen LogP contribution is -2.10. The lowest BCUT2D eigenvalue weighted by molar-refractivity contribution is 0.614. The summed E-state index contributed by atoms with van der Waals surface area (Å²) in [4.78, 5) is 0. The van der Waals surface area contributed by atoms with Crippen LogP contribution in [0.3, 0.4) is 0 Å². The first-order chi connectivity index (χ1) is 8.95. The van der Waals surface area contributed by atoms with Crippen molar-refractivity contribution >= 4 is 0 Å². The second-order valence-corrected chi connectivity index (χ2v) is 5.59. The minimum Gasteiger partial charge on any atom is -0.0830 e. The second-order valence-electron chi connectivity index (χ2n) is 5.59. The Morgan fingerprint density at radius 3 is 2.89 bits per heavy atom. The zero-order chi connectivity index (χ0) is 11.9. The monoisotopic (exact) mass is 234 g/mol. The van der Waals surface area contributed by atoms with Gasteiger partial charge in [0.2, 0.25) is 0 Å². The topological polar surface area (TPSA) is 0 Å². The van der Waals surface area contributed by atoms with E-state index in [-0.39, 0.29) is 0 Å². The highest BCUT2D eigenvalue weighted by atomic mass is 14.4. The van der Waals surface area contributed by atoms with Gasteiger partial charge < -0.3 is 0 Å². The van der Waals surface area contributed by atoms with Crippen LogP contribution in [-0.2, 0) is 0 Å². The van der Waals surface area contributed by atoms with Crippen molar-refractivity contribution in [1.29, 1.82) is 0 Å². The lowest BCUT2D eigenvalue weighted by Gasteiger charge is -2.24. The Morgan fingerprint density at radius 1 is 0.944 bits per heavy atom. The summed E-state index contributed by atoms with van der Waals surface area (Å²) in [5.41, 5.74) is 8.05. The molecule has 4 aliphatic rings. The summed E-state index contributed by atoms with van der Waals surface area (Å²) in [6.45, 7) is 0. The van der Waals surface area contributed by atoms with Crippen LogP contribution in [0.4, 0.5) is 0 Å². The Hall–Kier alpha value is -1.56. The van der Waals surface area contributed by atoms with Gasteiger partial charge in [-0.3, -0.25) is 0 Å². The zero-order valence-corrected chi connectivity index (χ0v) is 10.7. The molecule has 1 unspecified atom stereocenters. The molecule has 0 heteroatoms. The van der Waals surface area contributed by atoms with Crippen LogP contribution in [0.15, 0.2) is 70.4 Å². The Bertz CT molecular complexity index is 573. The SMILES string of the molecule is C1=C/C=C2/C=CCC3C4=C(CCCC4)C(=C23)C=C1. The fraction of sp³-hybridized carbons (Fsp3) is 0.333. The van der Waals surface area contributed by atoms with E-state index in [1.807, 2.05) is 0 Å². The summed E-state index contributed by atoms with van der Waals surface area (Å²) >= 11 is 0. The van der Waals surface area contributed by atoms with Crippen molar-refractivity contribution in [3.05, 3.63) is 70.4 Å². The molecule has 18 heavy (non-hydrogen) atoms. The third kappa shape index (κ3) is 1.38. The maximum atomic E-state index is 2.36. The molecule has 0 radical (unpaired) electrons. The van der Waals surface area contributed by atoms with Gasteiger partial charge in [0.15, 0.2) is 0 Å². The van der Waals surface area contributed by atoms with E-state index >= 15 is 0 Å². The predicted molar refractivity (Wildman–Crippen MR) is 76.1 cm³/mol. The van der Waals surface area contributed by atoms with Crippen molar-refractivity contribution in [2.45, 2.75) is 32.1 Å². The molecule has 0 heterocycles. The molecule has 4 rings (SSSR count). The van der Waals surface area contributed by atoms with Gasteiger partial charge in [-0.1, -0.05) is 48.1 Å². The minimum atomic E-state index is 0.697. The summed E-state index contributed by atoms with van der Waals surface area (Å²) in [5.74, 6) is 0.697. The van der Waals surface area contributed by atoms with Crippen LogP contribution in [0.2, 0.25) is 0 Å². The van der Waals surface area contributed by atoms with Crippen molar-refractivity contribution in [1.82, 2.24) is 0 Å². The molecule has 0 saturated carbocycles. The Morgan fingerprint density at radius 2 is 1.89 bits per heavy atom. The fourth-order valence-electron chi connectivity index (χ4n) is 3.89. The summed E-state index contributed by atoms with van der Waals surface area (Å²) in [7, 11) is 0. The minimum absolute atomic E-state index is 0.697. The normalized spacial score (nSPS) is 31.8. The van der Waals surface area contributed by atoms with Gasteiger partial charge >= 0.3 is 0 Å². The van der Waals surface area contributed by atoms with Crippen molar-refractivity contribution in [3.8, 4) is 0 Å². The molecular formula is C18H18. The molecule has 0 amide bonds. The third-order valence-electron chi connectivity index (χ3n) is 4.64. The van der Waals surface area contributed by atoms with Crippen molar-refractivity contribution in [2.24, 2.45) is 5.92 Å². The molecule has 0 aromatic heterocycles. The van der Waals surface area contributed by atoms with Crippen LogP contribution in [0.25, 0.3) is 0 Å². The molecule has 1 atom stereocenters. The first-order valence-corrected chi connectivity index (χ1v) is 7.13. The Balaban J connectivity index is 1.93. The van der Waals surface area contributed by atoms with Crippen molar-refractivity contribution < 1.29 is 0 Å². The summed E-state index contributed by atoms with van der Waals surface area (Å²) in [6.07, 6.45) is 22.4. The molecule has 0 N–H and O–H groups in total. The molecule has 0 nitrogen and oxygen atoms in total. The van der Waals surface area contributed by atoms with E-state index in [0.717, 1.165) is 0 Å². The highest BCUT2D eigenvalue weighted by Gasteiger charge is 2.35. The fourth-order valence-corrected chi connectivity index (χ4v) is 3.89. The Kier molecular flexibility index (Phi) is 2.29. The van der Waals surface area contributed by atoms with E-state index in [4.69, 9.17) is 0 Å². The van der Waals surface area contributed by atoms with Crippen molar-refractivity contribution in [2.75, 3.05) is 0 Å². The lowest BCUT2D eigenvalue weighted by atomic mass is 9.80. The summed E-state index contributed by atoms with van der Waals surface area (Å²) in [5, 5.41) is 0. The van der Waals surface area contributed by atoms with Crippen LogP contribution in [0.5, 0.6) is 0 Å². The Labute approximate surface area is 109 Å². The van der Waals surface area contributed by atoms with Crippen LogP contribution >= 0.6 is 0 Å². The van der Waals surface area contributed by atoms with Gasteiger partial charge in [0.05, 0.1) is 0 Å². The van der Waals surface area contributed by atoms with Gasteiger partial charge in [-0.25, -0.2) is 0 Å². The third-order valence-corrected chi connectivity index (χ3v) is 4.64. The van der Waals surface area contributed by atoms with Crippen molar-refractivity contribution in [3.63, 3.8) is 0 Å². The first-order valence-electron chi connectivity index (χ1n) is 7.13. The summed E-state index contributed by atoms with van der Waals surface area (Å²) < 4.78 is 0. The average Bonchev–Trinajstić information content (AvgIpc) is 2.70. The quantitative estimate of drug-likeness (QED) is 0.565. The maximum absolute atomic E-state index is 2.36. The molecule has 4 aliphatic carbocycles. The molecule has 0 bridgehead atoms. The molecule has 90 valence electrons. The predicted octanol–water partition coefficient (Wildman–Crippen LogP) is 4.80. The molecule has 0 aromatic carbocycles. The van der Waals surface area contributed by atoms with E-state index in [2.05, 4.69) is 42.5 Å². The molecule has 0 aliphatic heterocycles. The van der Waals surface area contributed by atoms with E-state index in [0.29, 0.717) is 5.92 Å². The van der Waals surface area contributed by atoms with Crippen LogP contribution in [0.1, 0.15) is 32.1 Å². The van der Waals surface area contributed by atoms with E-state index in [1.54, 1.807) is 22.3 Å². The highest BCUT2D eigenvalue weighted by molar-refractivity contribution is 5.66. The maximum Gasteiger partial charge on any atom is 0.0101 e. The van der Waals surface area contributed by atoms with E-state index < -0.39 is 0 Å². The van der Waals surface area contributed by atoms with Gasteiger partial charge in [0.25, 0.3) is 0 Å². The molecule has 0 spiro atoms. The molecule has 0 aromatic rings. The first kappa shape index (κ1) is 10.4. The number of hydrogen-bond acceptors (Lipinski definition) is 0. The zero-order valence-electron chi connectivity index (χ0n) is 10.7. The van der Waals surface area contributed by atoms with Crippen LogP contribution in [0, 0.1) is 5.92 Å². The largest absolute Gasteiger partial charge is 0.0830 e. The molecular weight excluding hydrogens is 216 g/mol. The second kappa shape index (κ2) is 3.98. The standard InChI is InChI=1S/C18H18/c1-2-7-13-8-6-12-17-15-10-5-4-9-14(15)16(11-3-1)18(13)17/h1-3,6-8,11,17H,4-5,9-10,12H2/b2-1?,3-1?,7-2?,11-3?,13-7-,16-11?. The van der Waals surface area contributed by atoms with Gasteiger partial charge in [-0.05, 0) is 54.4 Å². The molecule has 0 fully saturated rings. The number of allylic oxidation sites excluding steroid dienone is 12. The van der Waals surface area contributed by atoms with E-state index in [1.165, 1.54) is 37.7 Å². The van der Waals surface area contributed by atoms with Gasteiger partial charge in [-0.2, -0.15) is 0 Å². The van der Waals surface area contributed by atoms with Gasteiger partial charge in [-0.15, -0.1) is 0 Å². The smallest absolute Gasteiger partial charge is 0.0101 e. The van der Waals surface area contributed by atoms with Gasteiger partial charge in [0, 0.05) is 5.92 Å². The van der Waals surface area contributed by atoms with Gasteiger partial charge in [0.1, 0.15) is 0 Å². The molecule has 0 saturated heterocycles. The van der Waals surface area contributed by atoms with E-state index in [9.17, 15) is 0 Å². The average molecular weight is 234 g/mol. The number of hydrogen-bond donors (Lipinski definition) is 0. The highest BCUT2D eigenvalue weighted by Crippen LogP contribution is 2.50.